The number of carbonyl (C=O) groups is 2. The molecule has 3 rings (SSSR count). The maximum Gasteiger partial charge on any atom is 0.229 e. The molecule has 30 heavy (non-hydrogen) atoms. The maximum atomic E-state index is 12.2. The van der Waals surface area contributed by atoms with E-state index in [-0.39, 0.29) is 18.2 Å². The van der Waals surface area contributed by atoms with Crippen LogP contribution in [-0.4, -0.2) is 23.4 Å². The van der Waals surface area contributed by atoms with Crippen LogP contribution in [0.3, 0.4) is 0 Å². The molecule has 2 N–H and O–H groups in total. The highest BCUT2D eigenvalue weighted by Gasteiger charge is 2.09. The second kappa shape index (κ2) is 10.5. The standard InChI is InChI=1S/C23H25N3O3S/c1-3-17-6-10-20(11-7-17)29-13-12-22(28)26-23-25-21(15-30-23)19-8-4-18(5-9-19)14-24-16(2)27/h4-11,15H,3,12-14H2,1-2H3,(H,24,27)(H,25,26,28). The molecule has 7 heteroatoms. The Kier molecular flexibility index (Phi) is 7.57. The first-order chi connectivity index (χ1) is 14.5. The second-order valence-electron chi connectivity index (χ2n) is 6.79. The summed E-state index contributed by atoms with van der Waals surface area (Å²) in [6, 6.07) is 15.7. The topological polar surface area (TPSA) is 80.3 Å². The third-order valence-electron chi connectivity index (χ3n) is 4.47. The number of nitrogens with one attached hydrogen (secondary N) is 2. The van der Waals surface area contributed by atoms with Crippen molar-refractivity contribution in [3.8, 4) is 17.0 Å². The van der Waals surface area contributed by atoms with Gasteiger partial charge < -0.3 is 15.4 Å². The molecule has 0 atom stereocenters. The zero-order valence-corrected chi connectivity index (χ0v) is 17.9. The number of ether oxygens (including phenoxy) is 1. The molecule has 0 radical (unpaired) electrons. The number of aromatic nitrogens is 1. The van der Waals surface area contributed by atoms with E-state index >= 15 is 0 Å². The molecule has 6 nitrogen and oxygen atoms in total. The first kappa shape index (κ1) is 21.5. The normalized spacial score (nSPS) is 10.5. The molecule has 0 aliphatic rings. The lowest BCUT2D eigenvalue weighted by Gasteiger charge is -2.06. The summed E-state index contributed by atoms with van der Waals surface area (Å²) in [4.78, 5) is 27.6. The molecule has 0 spiro atoms. The van der Waals surface area contributed by atoms with Crippen LogP contribution in [0.4, 0.5) is 5.13 Å². The first-order valence-electron chi connectivity index (χ1n) is 9.84. The first-order valence-corrected chi connectivity index (χ1v) is 10.7. The fourth-order valence-corrected chi connectivity index (χ4v) is 3.48. The largest absolute Gasteiger partial charge is 0.493 e. The van der Waals surface area contributed by atoms with Gasteiger partial charge in [-0.05, 0) is 29.7 Å². The fourth-order valence-electron chi connectivity index (χ4n) is 2.75. The van der Waals surface area contributed by atoms with Crippen molar-refractivity contribution in [2.75, 3.05) is 11.9 Å². The summed E-state index contributed by atoms with van der Waals surface area (Å²) in [5.41, 5.74) is 4.02. The van der Waals surface area contributed by atoms with E-state index in [9.17, 15) is 9.59 Å². The molecule has 2 aromatic carbocycles. The molecular formula is C23H25N3O3S. The highest BCUT2D eigenvalue weighted by atomic mass is 32.1. The van der Waals surface area contributed by atoms with Crippen LogP contribution in [0.1, 0.15) is 31.4 Å². The number of carbonyl (C=O) groups excluding carboxylic acids is 2. The van der Waals surface area contributed by atoms with Crippen LogP contribution in [0.2, 0.25) is 0 Å². The van der Waals surface area contributed by atoms with Gasteiger partial charge in [0.25, 0.3) is 0 Å². The van der Waals surface area contributed by atoms with Crippen molar-refractivity contribution in [3.05, 3.63) is 65.0 Å². The molecule has 156 valence electrons. The van der Waals surface area contributed by atoms with E-state index in [0.29, 0.717) is 18.3 Å². The number of thiazole rings is 1. The van der Waals surface area contributed by atoms with Gasteiger partial charge in [-0.15, -0.1) is 11.3 Å². The van der Waals surface area contributed by atoms with E-state index in [1.165, 1.54) is 23.8 Å². The molecule has 0 saturated carbocycles. The van der Waals surface area contributed by atoms with Gasteiger partial charge in [0, 0.05) is 24.4 Å². The highest BCUT2D eigenvalue weighted by Crippen LogP contribution is 2.25. The van der Waals surface area contributed by atoms with Gasteiger partial charge in [0.1, 0.15) is 5.75 Å². The van der Waals surface area contributed by atoms with Crippen LogP contribution in [0.15, 0.2) is 53.9 Å². The average molecular weight is 424 g/mol. The number of benzene rings is 2. The Morgan fingerprint density at radius 1 is 1.03 bits per heavy atom. The molecule has 1 heterocycles. The number of anilines is 1. The van der Waals surface area contributed by atoms with E-state index in [0.717, 1.165) is 29.0 Å². The van der Waals surface area contributed by atoms with Crippen molar-refractivity contribution in [2.24, 2.45) is 0 Å². The second-order valence-corrected chi connectivity index (χ2v) is 7.65. The number of amides is 2. The Morgan fingerprint density at radius 2 is 1.73 bits per heavy atom. The summed E-state index contributed by atoms with van der Waals surface area (Å²) in [5.74, 6) is 0.573. The Hall–Kier alpha value is -3.19. The van der Waals surface area contributed by atoms with E-state index in [4.69, 9.17) is 4.74 Å². The summed E-state index contributed by atoms with van der Waals surface area (Å²) >= 11 is 1.38. The molecular weight excluding hydrogens is 398 g/mol. The Morgan fingerprint density at radius 3 is 2.40 bits per heavy atom. The number of rotatable bonds is 9. The van der Waals surface area contributed by atoms with Gasteiger partial charge in [-0.25, -0.2) is 4.98 Å². The summed E-state index contributed by atoms with van der Waals surface area (Å²) in [7, 11) is 0. The lowest BCUT2D eigenvalue weighted by Crippen LogP contribution is -2.18. The molecule has 0 unspecified atom stereocenters. The molecule has 0 aliphatic heterocycles. The average Bonchev–Trinajstić information content (AvgIpc) is 3.21. The van der Waals surface area contributed by atoms with Crippen LogP contribution >= 0.6 is 11.3 Å². The Labute approximate surface area is 180 Å². The van der Waals surface area contributed by atoms with Crippen LogP contribution in [0.5, 0.6) is 5.75 Å². The van der Waals surface area contributed by atoms with E-state index < -0.39 is 0 Å². The summed E-state index contributed by atoms with van der Waals surface area (Å²) in [6.45, 7) is 4.41. The number of hydrogen-bond donors (Lipinski definition) is 2. The summed E-state index contributed by atoms with van der Waals surface area (Å²) < 4.78 is 5.63. The van der Waals surface area contributed by atoms with Crippen molar-refractivity contribution in [1.29, 1.82) is 0 Å². The van der Waals surface area contributed by atoms with Crippen LogP contribution in [0, 0.1) is 0 Å². The molecule has 2 amide bonds. The van der Waals surface area contributed by atoms with Gasteiger partial charge in [-0.2, -0.15) is 0 Å². The molecule has 3 aromatic rings. The number of nitrogens with zero attached hydrogens (tertiary/aromatic N) is 1. The highest BCUT2D eigenvalue weighted by molar-refractivity contribution is 7.14. The van der Waals surface area contributed by atoms with Crippen LogP contribution in [-0.2, 0) is 22.6 Å². The Balaban J connectivity index is 1.47. The lowest BCUT2D eigenvalue weighted by molar-refractivity contribution is -0.119. The molecule has 0 aliphatic carbocycles. The monoisotopic (exact) mass is 423 g/mol. The SMILES string of the molecule is CCc1ccc(OCCC(=O)Nc2nc(-c3ccc(CNC(C)=O)cc3)cs2)cc1. The van der Waals surface area contributed by atoms with Crippen molar-refractivity contribution in [3.63, 3.8) is 0 Å². The predicted octanol–water partition coefficient (Wildman–Crippen LogP) is 4.42. The third kappa shape index (κ3) is 6.42. The Bertz CT molecular complexity index is 982. The zero-order chi connectivity index (χ0) is 21.3. The zero-order valence-electron chi connectivity index (χ0n) is 17.1. The van der Waals surface area contributed by atoms with Crippen molar-refractivity contribution in [1.82, 2.24) is 10.3 Å². The smallest absolute Gasteiger partial charge is 0.229 e. The van der Waals surface area contributed by atoms with Gasteiger partial charge in [0.15, 0.2) is 5.13 Å². The van der Waals surface area contributed by atoms with E-state index in [2.05, 4.69) is 22.5 Å². The number of hydrogen-bond acceptors (Lipinski definition) is 5. The minimum absolute atomic E-state index is 0.0567. The maximum absolute atomic E-state index is 12.2. The van der Waals surface area contributed by atoms with Crippen LogP contribution in [0.25, 0.3) is 11.3 Å². The van der Waals surface area contributed by atoms with Crippen molar-refractivity contribution >= 4 is 28.3 Å². The summed E-state index contributed by atoms with van der Waals surface area (Å²) in [5, 5.41) is 8.06. The van der Waals surface area contributed by atoms with Crippen molar-refractivity contribution < 1.29 is 14.3 Å². The van der Waals surface area contributed by atoms with Gasteiger partial charge in [0.2, 0.25) is 11.8 Å². The minimum atomic E-state index is -0.133. The molecule has 1 aromatic heterocycles. The van der Waals surface area contributed by atoms with Gasteiger partial charge in [0.05, 0.1) is 18.7 Å². The number of aryl methyl sites for hydroxylation is 1. The van der Waals surface area contributed by atoms with Crippen LogP contribution < -0.4 is 15.4 Å². The molecule has 0 fully saturated rings. The predicted molar refractivity (Wildman–Crippen MR) is 120 cm³/mol. The van der Waals surface area contributed by atoms with E-state index in [1.54, 1.807) is 0 Å². The van der Waals surface area contributed by atoms with Gasteiger partial charge in [-0.3, -0.25) is 9.59 Å². The fraction of sp³-hybridized carbons (Fsp3) is 0.261. The van der Waals surface area contributed by atoms with Crippen molar-refractivity contribution in [2.45, 2.75) is 33.2 Å². The summed E-state index contributed by atoms with van der Waals surface area (Å²) in [6.07, 6.45) is 1.24. The quantitative estimate of drug-likeness (QED) is 0.534. The van der Waals surface area contributed by atoms with E-state index in [1.807, 2.05) is 53.9 Å². The van der Waals surface area contributed by atoms with Gasteiger partial charge in [-0.1, -0.05) is 43.3 Å². The minimum Gasteiger partial charge on any atom is -0.493 e. The molecule has 0 saturated heterocycles. The van der Waals surface area contributed by atoms with Gasteiger partial charge >= 0.3 is 0 Å². The molecule has 0 bridgehead atoms. The third-order valence-corrected chi connectivity index (χ3v) is 5.23. The lowest BCUT2D eigenvalue weighted by atomic mass is 10.1.